The van der Waals surface area contributed by atoms with Crippen molar-refractivity contribution in [1.29, 1.82) is 0 Å². The fourth-order valence-electron chi connectivity index (χ4n) is 2.83. The normalized spacial score (nSPS) is 17.7. The molecule has 1 fully saturated rings. The molecule has 0 aliphatic carbocycles. The topological polar surface area (TPSA) is 49.2 Å². The van der Waals surface area contributed by atoms with E-state index in [9.17, 15) is 5.11 Å². The van der Waals surface area contributed by atoms with Crippen molar-refractivity contribution in [2.24, 2.45) is 5.92 Å². The molecule has 0 unspecified atom stereocenters. The molecular weight excluding hydrogens is 286 g/mol. The molecule has 2 aromatic rings. The van der Waals surface area contributed by atoms with Gasteiger partial charge < -0.3 is 10.0 Å². The van der Waals surface area contributed by atoms with Crippen molar-refractivity contribution in [3.63, 3.8) is 0 Å². The maximum absolute atomic E-state index is 10.5. The standard InChI is InChI=1S/C16H18ClN3O/c17-14-3-1-12(2-4-14)16(21)13-5-9-20(10-6-13)15-11-18-7-8-19-15/h1-4,7-8,11,13,16,21H,5-6,9-10H2/t16-/m0/s1. The van der Waals surface area contributed by atoms with Gasteiger partial charge in [0.2, 0.25) is 0 Å². The van der Waals surface area contributed by atoms with E-state index in [0.717, 1.165) is 37.3 Å². The number of aliphatic hydroxyl groups excluding tert-OH is 1. The number of benzene rings is 1. The van der Waals surface area contributed by atoms with Gasteiger partial charge >= 0.3 is 0 Å². The number of hydrogen-bond donors (Lipinski definition) is 1. The Labute approximate surface area is 129 Å². The number of hydrogen-bond acceptors (Lipinski definition) is 4. The lowest BCUT2D eigenvalue weighted by Gasteiger charge is -2.34. The van der Waals surface area contributed by atoms with E-state index >= 15 is 0 Å². The van der Waals surface area contributed by atoms with Crippen molar-refractivity contribution in [2.75, 3.05) is 18.0 Å². The Bertz CT molecular complexity index is 568. The lowest BCUT2D eigenvalue weighted by atomic mass is 9.87. The fraction of sp³-hybridized carbons (Fsp3) is 0.375. The van der Waals surface area contributed by atoms with E-state index in [1.54, 1.807) is 18.6 Å². The summed E-state index contributed by atoms with van der Waals surface area (Å²) >= 11 is 5.89. The highest BCUT2D eigenvalue weighted by atomic mass is 35.5. The van der Waals surface area contributed by atoms with Crippen molar-refractivity contribution in [3.05, 3.63) is 53.4 Å². The molecule has 21 heavy (non-hydrogen) atoms. The molecule has 0 bridgehead atoms. The highest BCUT2D eigenvalue weighted by molar-refractivity contribution is 6.30. The van der Waals surface area contributed by atoms with Gasteiger partial charge in [-0.25, -0.2) is 4.98 Å². The molecule has 1 aromatic carbocycles. The van der Waals surface area contributed by atoms with Crippen molar-refractivity contribution in [1.82, 2.24) is 9.97 Å². The molecule has 1 atom stereocenters. The number of anilines is 1. The van der Waals surface area contributed by atoms with E-state index in [2.05, 4.69) is 14.9 Å². The smallest absolute Gasteiger partial charge is 0.147 e. The maximum Gasteiger partial charge on any atom is 0.147 e. The van der Waals surface area contributed by atoms with Crippen molar-refractivity contribution in [3.8, 4) is 0 Å². The summed E-state index contributed by atoms with van der Waals surface area (Å²) < 4.78 is 0. The molecular formula is C16H18ClN3O. The van der Waals surface area contributed by atoms with Crippen molar-refractivity contribution >= 4 is 17.4 Å². The van der Waals surface area contributed by atoms with E-state index in [1.807, 2.05) is 24.3 Å². The van der Waals surface area contributed by atoms with Gasteiger partial charge in [0.15, 0.2) is 0 Å². The van der Waals surface area contributed by atoms with Crippen LogP contribution in [-0.2, 0) is 0 Å². The van der Waals surface area contributed by atoms with Crippen LogP contribution in [0.4, 0.5) is 5.82 Å². The van der Waals surface area contributed by atoms with Gasteiger partial charge in [0, 0.05) is 30.5 Å². The molecule has 1 saturated heterocycles. The largest absolute Gasteiger partial charge is 0.388 e. The van der Waals surface area contributed by atoms with E-state index in [4.69, 9.17) is 11.6 Å². The van der Waals surface area contributed by atoms with Crippen LogP contribution in [0.3, 0.4) is 0 Å². The Kier molecular flexibility index (Phi) is 4.36. The predicted molar refractivity (Wildman–Crippen MR) is 83.4 cm³/mol. The van der Waals surface area contributed by atoms with Gasteiger partial charge in [-0.3, -0.25) is 4.98 Å². The Morgan fingerprint density at radius 3 is 2.48 bits per heavy atom. The predicted octanol–water partition coefficient (Wildman–Crippen LogP) is 3.08. The fourth-order valence-corrected chi connectivity index (χ4v) is 2.96. The van der Waals surface area contributed by atoms with Crippen LogP contribution in [0.25, 0.3) is 0 Å². The van der Waals surface area contributed by atoms with Crippen molar-refractivity contribution in [2.45, 2.75) is 18.9 Å². The van der Waals surface area contributed by atoms with Crippen LogP contribution >= 0.6 is 11.6 Å². The summed E-state index contributed by atoms with van der Waals surface area (Å²) in [6.45, 7) is 1.79. The number of aromatic nitrogens is 2. The van der Waals surface area contributed by atoms with Crippen LogP contribution in [0, 0.1) is 5.92 Å². The summed E-state index contributed by atoms with van der Waals surface area (Å²) in [5, 5.41) is 11.2. The Hall–Kier alpha value is -1.65. The van der Waals surface area contributed by atoms with E-state index < -0.39 is 6.10 Å². The molecule has 0 saturated carbocycles. The van der Waals surface area contributed by atoms with Gasteiger partial charge in [0.05, 0.1) is 12.3 Å². The quantitative estimate of drug-likeness (QED) is 0.946. The third kappa shape index (κ3) is 3.34. The second-order valence-corrected chi connectivity index (χ2v) is 5.82. The van der Waals surface area contributed by atoms with Crippen LogP contribution in [-0.4, -0.2) is 28.2 Å². The second kappa shape index (κ2) is 6.41. The number of halogens is 1. The third-order valence-electron chi connectivity index (χ3n) is 4.07. The SMILES string of the molecule is O[C@@H](c1ccc(Cl)cc1)C1CCN(c2cnccn2)CC1. The average molecular weight is 304 g/mol. The Morgan fingerprint density at radius 2 is 1.86 bits per heavy atom. The highest BCUT2D eigenvalue weighted by Crippen LogP contribution is 2.32. The van der Waals surface area contributed by atoms with Gasteiger partial charge in [0.25, 0.3) is 0 Å². The summed E-state index contributed by atoms with van der Waals surface area (Å²) in [7, 11) is 0. The summed E-state index contributed by atoms with van der Waals surface area (Å²) in [5.41, 5.74) is 0.942. The van der Waals surface area contributed by atoms with Crippen molar-refractivity contribution < 1.29 is 5.11 Å². The van der Waals surface area contributed by atoms with E-state index in [1.165, 1.54) is 0 Å². The van der Waals surface area contributed by atoms with Crippen LogP contribution in [0.1, 0.15) is 24.5 Å². The minimum atomic E-state index is -0.425. The van der Waals surface area contributed by atoms with Gasteiger partial charge in [-0.2, -0.15) is 0 Å². The second-order valence-electron chi connectivity index (χ2n) is 5.38. The molecule has 110 valence electrons. The van der Waals surface area contributed by atoms with Gasteiger partial charge in [-0.1, -0.05) is 23.7 Å². The molecule has 0 amide bonds. The first kappa shape index (κ1) is 14.3. The molecule has 1 aliphatic rings. The van der Waals surface area contributed by atoms with Gasteiger partial charge in [-0.15, -0.1) is 0 Å². The lowest BCUT2D eigenvalue weighted by Crippen LogP contribution is -2.36. The van der Waals surface area contributed by atoms with Gasteiger partial charge in [0.1, 0.15) is 5.82 Å². The molecule has 3 rings (SSSR count). The zero-order valence-corrected chi connectivity index (χ0v) is 12.4. The molecule has 2 heterocycles. The zero-order valence-electron chi connectivity index (χ0n) is 11.7. The zero-order chi connectivity index (χ0) is 14.7. The molecule has 5 heteroatoms. The number of rotatable bonds is 3. The Balaban J connectivity index is 1.61. The minimum Gasteiger partial charge on any atom is -0.388 e. The monoisotopic (exact) mass is 303 g/mol. The minimum absolute atomic E-state index is 0.277. The summed E-state index contributed by atoms with van der Waals surface area (Å²) in [6, 6.07) is 7.47. The number of aliphatic hydroxyl groups is 1. The first-order valence-corrected chi connectivity index (χ1v) is 7.56. The van der Waals surface area contributed by atoms with Crippen LogP contribution in [0.2, 0.25) is 5.02 Å². The lowest BCUT2D eigenvalue weighted by molar-refractivity contribution is 0.0929. The molecule has 0 spiro atoms. The maximum atomic E-state index is 10.5. The molecule has 1 aromatic heterocycles. The Morgan fingerprint density at radius 1 is 1.14 bits per heavy atom. The number of piperidine rings is 1. The third-order valence-corrected chi connectivity index (χ3v) is 4.32. The van der Waals surface area contributed by atoms with E-state index in [-0.39, 0.29) is 5.92 Å². The van der Waals surface area contributed by atoms with Gasteiger partial charge in [-0.05, 0) is 36.5 Å². The molecule has 1 N–H and O–H groups in total. The summed E-state index contributed by atoms with van der Waals surface area (Å²) in [4.78, 5) is 10.7. The highest BCUT2D eigenvalue weighted by Gasteiger charge is 2.26. The molecule has 4 nitrogen and oxygen atoms in total. The molecule has 0 radical (unpaired) electrons. The average Bonchev–Trinajstić information content (AvgIpc) is 2.56. The van der Waals surface area contributed by atoms with Crippen LogP contribution in [0.5, 0.6) is 0 Å². The first-order valence-electron chi connectivity index (χ1n) is 7.18. The summed E-state index contributed by atoms with van der Waals surface area (Å²) in [6.07, 6.45) is 6.65. The first-order chi connectivity index (χ1) is 10.2. The van der Waals surface area contributed by atoms with E-state index in [0.29, 0.717) is 5.02 Å². The molecule has 1 aliphatic heterocycles. The van der Waals surface area contributed by atoms with Crippen LogP contribution < -0.4 is 4.90 Å². The summed E-state index contributed by atoms with van der Waals surface area (Å²) in [5.74, 6) is 1.19. The number of nitrogens with zero attached hydrogens (tertiary/aromatic N) is 3. The van der Waals surface area contributed by atoms with Crippen LogP contribution in [0.15, 0.2) is 42.9 Å².